The summed E-state index contributed by atoms with van der Waals surface area (Å²) in [6.45, 7) is 3.43. The van der Waals surface area contributed by atoms with Gasteiger partial charge in [0, 0.05) is 25.7 Å². The third-order valence-electron chi connectivity index (χ3n) is 3.59. The average molecular weight is 278 g/mol. The molecular formula is C15H22N2O3. The molecule has 1 aliphatic rings. The van der Waals surface area contributed by atoms with Gasteiger partial charge in [0.05, 0.1) is 18.4 Å². The van der Waals surface area contributed by atoms with E-state index in [2.05, 4.69) is 9.88 Å². The fourth-order valence-electron chi connectivity index (χ4n) is 2.44. The molecule has 1 aromatic rings. The van der Waals surface area contributed by atoms with E-state index in [4.69, 9.17) is 9.84 Å². The minimum absolute atomic E-state index is 0.260. The summed E-state index contributed by atoms with van der Waals surface area (Å²) in [4.78, 5) is 17.0. The molecular weight excluding hydrogens is 256 g/mol. The number of aliphatic carboxylic acids is 1. The summed E-state index contributed by atoms with van der Waals surface area (Å²) in [6, 6.07) is 5.84. The molecule has 5 nitrogen and oxygen atoms in total. The first-order chi connectivity index (χ1) is 9.74. The summed E-state index contributed by atoms with van der Waals surface area (Å²) >= 11 is 0. The van der Waals surface area contributed by atoms with Crippen LogP contribution in [0.5, 0.6) is 0 Å². The van der Waals surface area contributed by atoms with Gasteiger partial charge in [-0.15, -0.1) is 0 Å². The van der Waals surface area contributed by atoms with Crippen molar-refractivity contribution in [2.24, 2.45) is 0 Å². The molecule has 0 atom stereocenters. The SMILES string of the molecule is O=C(O)CCCN1CCC(OCc2ccccn2)CC1. The van der Waals surface area contributed by atoms with Crippen LogP contribution in [0.3, 0.4) is 0 Å². The second kappa shape index (κ2) is 7.97. The lowest BCUT2D eigenvalue weighted by atomic mass is 10.1. The molecule has 0 radical (unpaired) electrons. The van der Waals surface area contributed by atoms with Gasteiger partial charge in [0.15, 0.2) is 0 Å². The van der Waals surface area contributed by atoms with Crippen LogP contribution in [0.4, 0.5) is 0 Å². The standard InChI is InChI=1S/C15H22N2O3/c18-15(19)5-3-9-17-10-6-14(7-11-17)20-12-13-4-1-2-8-16-13/h1-2,4,8,14H,3,5-7,9-12H2,(H,18,19). The number of nitrogens with zero attached hydrogens (tertiary/aromatic N) is 2. The molecule has 5 heteroatoms. The highest BCUT2D eigenvalue weighted by atomic mass is 16.5. The third kappa shape index (κ3) is 5.27. The van der Waals surface area contributed by atoms with Gasteiger partial charge < -0.3 is 14.7 Å². The number of rotatable bonds is 7. The molecule has 0 aliphatic carbocycles. The lowest BCUT2D eigenvalue weighted by molar-refractivity contribution is -0.137. The number of aromatic nitrogens is 1. The van der Waals surface area contributed by atoms with E-state index in [1.54, 1.807) is 6.20 Å². The number of carboxylic acid groups (broad SMARTS) is 1. The highest BCUT2D eigenvalue weighted by Crippen LogP contribution is 2.15. The number of carbonyl (C=O) groups is 1. The molecule has 1 saturated heterocycles. The van der Waals surface area contributed by atoms with Crippen LogP contribution in [0.15, 0.2) is 24.4 Å². The van der Waals surface area contributed by atoms with Gasteiger partial charge in [-0.3, -0.25) is 9.78 Å². The molecule has 0 amide bonds. The second-order valence-corrected chi connectivity index (χ2v) is 5.17. The zero-order chi connectivity index (χ0) is 14.2. The van der Waals surface area contributed by atoms with Crippen LogP contribution in [0.1, 0.15) is 31.4 Å². The van der Waals surface area contributed by atoms with Gasteiger partial charge in [0.25, 0.3) is 0 Å². The molecule has 20 heavy (non-hydrogen) atoms. The lowest BCUT2D eigenvalue weighted by Gasteiger charge is -2.31. The molecule has 0 unspecified atom stereocenters. The van der Waals surface area contributed by atoms with Crippen LogP contribution in [-0.4, -0.2) is 46.7 Å². The molecule has 1 N–H and O–H groups in total. The molecule has 1 aliphatic heterocycles. The van der Waals surface area contributed by atoms with Gasteiger partial charge in [-0.05, 0) is 37.9 Å². The van der Waals surface area contributed by atoms with Crippen molar-refractivity contribution in [3.05, 3.63) is 30.1 Å². The van der Waals surface area contributed by atoms with Crippen LogP contribution in [-0.2, 0) is 16.1 Å². The molecule has 0 spiro atoms. The number of piperidine rings is 1. The van der Waals surface area contributed by atoms with Crippen molar-refractivity contribution < 1.29 is 14.6 Å². The average Bonchev–Trinajstić information content (AvgIpc) is 2.47. The van der Waals surface area contributed by atoms with Crippen LogP contribution in [0, 0.1) is 0 Å². The summed E-state index contributed by atoms with van der Waals surface area (Å²) in [5.74, 6) is -0.710. The Balaban J connectivity index is 1.61. The van der Waals surface area contributed by atoms with E-state index in [0.717, 1.165) is 44.6 Å². The Morgan fingerprint density at radius 3 is 2.85 bits per heavy atom. The van der Waals surface area contributed by atoms with E-state index in [9.17, 15) is 4.79 Å². The Morgan fingerprint density at radius 1 is 1.40 bits per heavy atom. The number of likely N-dealkylation sites (tertiary alicyclic amines) is 1. The van der Waals surface area contributed by atoms with Crippen molar-refractivity contribution in [1.29, 1.82) is 0 Å². The molecule has 1 aromatic heterocycles. The van der Waals surface area contributed by atoms with Gasteiger partial charge in [0.2, 0.25) is 0 Å². The Bertz CT molecular complexity index is 403. The summed E-state index contributed by atoms with van der Waals surface area (Å²) in [7, 11) is 0. The first-order valence-electron chi connectivity index (χ1n) is 7.19. The minimum Gasteiger partial charge on any atom is -0.481 e. The molecule has 2 heterocycles. The highest BCUT2D eigenvalue weighted by Gasteiger charge is 2.19. The van der Waals surface area contributed by atoms with Gasteiger partial charge in [-0.2, -0.15) is 0 Å². The number of ether oxygens (including phenoxy) is 1. The van der Waals surface area contributed by atoms with E-state index in [-0.39, 0.29) is 6.42 Å². The minimum atomic E-state index is -0.710. The van der Waals surface area contributed by atoms with E-state index >= 15 is 0 Å². The van der Waals surface area contributed by atoms with Gasteiger partial charge in [-0.1, -0.05) is 6.07 Å². The second-order valence-electron chi connectivity index (χ2n) is 5.17. The number of pyridine rings is 1. The maximum absolute atomic E-state index is 10.5. The van der Waals surface area contributed by atoms with Gasteiger partial charge in [0.1, 0.15) is 0 Å². The van der Waals surface area contributed by atoms with E-state index in [1.165, 1.54) is 0 Å². The Kier molecular flexibility index (Phi) is 5.95. The third-order valence-corrected chi connectivity index (χ3v) is 3.59. The first-order valence-corrected chi connectivity index (χ1v) is 7.19. The molecule has 0 saturated carbocycles. The maximum atomic E-state index is 10.5. The van der Waals surface area contributed by atoms with Crippen LogP contribution >= 0.6 is 0 Å². The predicted octanol–water partition coefficient (Wildman–Crippen LogP) is 1.93. The van der Waals surface area contributed by atoms with Crippen molar-refractivity contribution in [2.45, 2.75) is 38.4 Å². The molecule has 2 rings (SSSR count). The normalized spacial score (nSPS) is 17.2. The molecule has 0 bridgehead atoms. The van der Waals surface area contributed by atoms with Crippen molar-refractivity contribution in [3.8, 4) is 0 Å². The fraction of sp³-hybridized carbons (Fsp3) is 0.600. The van der Waals surface area contributed by atoms with Crippen molar-refractivity contribution in [1.82, 2.24) is 9.88 Å². The maximum Gasteiger partial charge on any atom is 0.303 e. The smallest absolute Gasteiger partial charge is 0.303 e. The molecule has 0 aromatic carbocycles. The van der Waals surface area contributed by atoms with Crippen molar-refractivity contribution >= 4 is 5.97 Å². The van der Waals surface area contributed by atoms with E-state index in [0.29, 0.717) is 12.7 Å². The predicted molar refractivity (Wildman–Crippen MR) is 75.4 cm³/mol. The summed E-state index contributed by atoms with van der Waals surface area (Å²) in [6.07, 6.45) is 5.10. The first kappa shape index (κ1) is 14.9. The number of carboxylic acids is 1. The van der Waals surface area contributed by atoms with Gasteiger partial charge in [-0.25, -0.2) is 0 Å². The zero-order valence-electron chi connectivity index (χ0n) is 11.7. The zero-order valence-corrected chi connectivity index (χ0v) is 11.7. The van der Waals surface area contributed by atoms with E-state index in [1.807, 2.05) is 18.2 Å². The monoisotopic (exact) mass is 278 g/mol. The quantitative estimate of drug-likeness (QED) is 0.825. The van der Waals surface area contributed by atoms with Crippen molar-refractivity contribution in [2.75, 3.05) is 19.6 Å². The lowest BCUT2D eigenvalue weighted by Crippen LogP contribution is -2.37. The number of hydrogen-bond donors (Lipinski definition) is 1. The Hall–Kier alpha value is -1.46. The fourth-order valence-corrected chi connectivity index (χ4v) is 2.44. The van der Waals surface area contributed by atoms with Crippen LogP contribution in [0.25, 0.3) is 0 Å². The summed E-state index contributed by atoms with van der Waals surface area (Å²) in [5, 5.41) is 8.62. The molecule has 110 valence electrons. The Labute approximate surface area is 119 Å². The summed E-state index contributed by atoms with van der Waals surface area (Å²) in [5.41, 5.74) is 0.969. The number of hydrogen-bond acceptors (Lipinski definition) is 4. The van der Waals surface area contributed by atoms with Gasteiger partial charge >= 0.3 is 5.97 Å². The highest BCUT2D eigenvalue weighted by molar-refractivity contribution is 5.66. The van der Waals surface area contributed by atoms with Crippen LogP contribution in [0.2, 0.25) is 0 Å². The summed E-state index contributed by atoms with van der Waals surface area (Å²) < 4.78 is 5.88. The Morgan fingerprint density at radius 2 is 2.20 bits per heavy atom. The largest absolute Gasteiger partial charge is 0.481 e. The van der Waals surface area contributed by atoms with Crippen molar-refractivity contribution in [3.63, 3.8) is 0 Å². The van der Waals surface area contributed by atoms with E-state index < -0.39 is 5.97 Å². The topological polar surface area (TPSA) is 62.7 Å². The molecule has 1 fully saturated rings. The van der Waals surface area contributed by atoms with Crippen LogP contribution < -0.4 is 0 Å².